The summed E-state index contributed by atoms with van der Waals surface area (Å²) in [5, 5.41) is 10.3. The first kappa shape index (κ1) is 15.1. The van der Waals surface area contributed by atoms with Gasteiger partial charge < -0.3 is 20.5 Å². The average Bonchev–Trinajstić information content (AvgIpc) is 2.48. The molecular formula is C16H26N2O2. The molecule has 1 saturated heterocycles. The van der Waals surface area contributed by atoms with Crippen molar-refractivity contribution in [3.05, 3.63) is 23.8 Å². The second-order valence-corrected chi connectivity index (χ2v) is 5.44. The quantitative estimate of drug-likeness (QED) is 0.785. The van der Waals surface area contributed by atoms with Gasteiger partial charge in [-0.3, -0.25) is 0 Å². The van der Waals surface area contributed by atoms with E-state index in [1.165, 1.54) is 19.3 Å². The minimum absolute atomic E-state index is 0.449. The van der Waals surface area contributed by atoms with E-state index in [4.69, 9.17) is 10.5 Å². The maximum Gasteiger partial charge on any atom is 0.142 e. The standard InChI is InChI=1S/C16H26N2O2/c1-2-20-16-7-6-13(12-14(16)17)15(19)8-11-18-9-4-3-5-10-18/h6-7,12,15,19H,2-5,8-11,17H2,1H3. The van der Waals surface area contributed by atoms with E-state index in [0.717, 1.165) is 31.6 Å². The third-order valence-electron chi connectivity index (χ3n) is 3.89. The number of nitrogens with zero attached hydrogens (tertiary/aromatic N) is 1. The van der Waals surface area contributed by atoms with Crippen molar-refractivity contribution >= 4 is 5.69 Å². The second-order valence-electron chi connectivity index (χ2n) is 5.44. The van der Waals surface area contributed by atoms with E-state index in [0.29, 0.717) is 18.0 Å². The summed E-state index contributed by atoms with van der Waals surface area (Å²) in [5.74, 6) is 0.694. The Bertz CT molecular complexity index is 417. The lowest BCUT2D eigenvalue weighted by Gasteiger charge is -2.27. The Morgan fingerprint density at radius 3 is 2.70 bits per heavy atom. The van der Waals surface area contributed by atoms with Gasteiger partial charge in [0.1, 0.15) is 5.75 Å². The monoisotopic (exact) mass is 278 g/mol. The zero-order valence-corrected chi connectivity index (χ0v) is 12.3. The van der Waals surface area contributed by atoms with E-state index >= 15 is 0 Å². The van der Waals surface area contributed by atoms with Crippen molar-refractivity contribution in [2.75, 3.05) is 32.0 Å². The minimum atomic E-state index is -0.449. The van der Waals surface area contributed by atoms with Crippen LogP contribution in [0.5, 0.6) is 5.75 Å². The third kappa shape index (κ3) is 4.12. The molecule has 1 unspecified atom stereocenters. The van der Waals surface area contributed by atoms with Crippen molar-refractivity contribution in [2.24, 2.45) is 0 Å². The van der Waals surface area contributed by atoms with Crippen LogP contribution in [0.25, 0.3) is 0 Å². The third-order valence-corrected chi connectivity index (χ3v) is 3.89. The summed E-state index contributed by atoms with van der Waals surface area (Å²) in [4.78, 5) is 2.44. The fourth-order valence-corrected chi connectivity index (χ4v) is 2.72. The fraction of sp³-hybridized carbons (Fsp3) is 0.625. The van der Waals surface area contributed by atoms with Gasteiger partial charge in [-0.2, -0.15) is 0 Å². The van der Waals surface area contributed by atoms with E-state index in [1.807, 2.05) is 25.1 Å². The van der Waals surface area contributed by atoms with Gasteiger partial charge in [-0.05, 0) is 57.0 Å². The predicted molar refractivity (Wildman–Crippen MR) is 81.9 cm³/mol. The number of rotatable bonds is 6. The SMILES string of the molecule is CCOc1ccc(C(O)CCN2CCCCC2)cc1N. The fourth-order valence-electron chi connectivity index (χ4n) is 2.72. The average molecular weight is 278 g/mol. The summed E-state index contributed by atoms with van der Waals surface area (Å²) in [6.45, 7) is 5.81. The molecular weight excluding hydrogens is 252 g/mol. The van der Waals surface area contributed by atoms with Gasteiger partial charge in [0.05, 0.1) is 18.4 Å². The number of likely N-dealkylation sites (tertiary alicyclic amines) is 1. The van der Waals surface area contributed by atoms with Crippen molar-refractivity contribution in [1.29, 1.82) is 0 Å². The summed E-state index contributed by atoms with van der Waals surface area (Å²) in [5.41, 5.74) is 7.41. The van der Waals surface area contributed by atoms with Crippen LogP contribution in [0, 0.1) is 0 Å². The molecule has 20 heavy (non-hydrogen) atoms. The first-order valence-corrected chi connectivity index (χ1v) is 7.63. The molecule has 112 valence electrons. The second kappa shape index (κ2) is 7.50. The van der Waals surface area contributed by atoms with Crippen molar-refractivity contribution < 1.29 is 9.84 Å². The Balaban J connectivity index is 1.88. The van der Waals surface area contributed by atoms with Gasteiger partial charge in [0.15, 0.2) is 0 Å². The number of nitrogens with two attached hydrogens (primary N) is 1. The molecule has 0 amide bonds. The molecule has 1 fully saturated rings. The minimum Gasteiger partial charge on any atom is -0.492 e. The highest BCUT2D eigenvalue weighted by Gasteiger charge is 2.14. The lowest BCUT2D eigenvalue weighted by atomic mass is 10.0. The van der Waals surface area contributed by atoms with Gasteiger partial charge in [-0.1, -0.05) is 12.5 Å². The highest BCUT2D eigenvalue weighted by Crippen LogP contribution is 2.27. The largest absolute Gasteiger partial charge is 0.492 e. The molecule has 1 aromatic carbocycles. The summed E-state index contributed by atoms with van der Waals surface area (Å²) in [7, 11) is 0. The summed E-state index contributed by atoms with van der Waals surface area (Å²) >= 11 is 0. The maximum atomic E-state index is 10.3. The normalized spacial score (nSPS) is 17.9. The molecule has 4 nitrogen and oxygen atoms in total. The molecule has 2 rings (SSSR count). The van der Waals surface area contributed by atoms with Gasteiger partial charge in [0.25, 0.3) is 0 Å². The molecule has 1 aliphatic rings. The van der Waals surface area contributed by atoms with Crippen LogP contribution in [0.4, 0.5) is 5.69 Å². The zero-order valence-electron chi connectivity index (χ0n) is 12.3. The Labute approximate surface area is 121 Å². The summed E-state index contributed by atoms with van der Waals surface area (Å²) in [6.07, 6.45) is 4.22. The maximum absolute atomic E-state index is 10.3. The van der Waals surface area contributed by atoms with Crippen LogP contribution in [-0.2, 0) is 0 Å². The van der Waals surface area contributed by atoms with Crippen LogP contribution in [0.2, 0.25) is 0 Å². The molecule has 0 radical (unpaired) electrons. The van der Waals surface area contributed by atoms with Crippen LogP contribution in [0.3, 0.4) is 0 Å². The van der Waals surface area contributed by atoms with E-state index < -0.39 is 6.10 Å². The first-order valence-electron chi connectivity index (χ1n) is 7.63. The van der Waals surface area contributed by atoms with Gasteiger partial charge in [-0.25, -0.2) is 0 Å². The molecule has 0 saturated carbocycles. The van der Waals surface area contributed by atoms with Crippen molar-refractivity contribution in [3.63, 3.8) is 0 Å². The van der Waals surface area contributed by atoms with E-state index in [1.54, 1.807) is 0 Å². The van der Waals surface area contributed by atoms with Gasteiger partial charge in [0.2, 0.25) is 0 Å². The highest BCUT2D eigenvalue weighted by atomic mass is 16.5. The van der Waals surface area contributed by atoms with Crippen LogP contribution in [0.15, 0.2) is 18.2 Å². The van der Waals surface area contributed by atoms with Gasteiger partial charge >= 0.3 is 0 Å². The molecule has 0 aromatic heterocycles. The Kier molecular flexibility index (Phi) is 5.68. The smallest absolute Gasteiger partial charge is 0.142 e. The number of hydrogen-bond donors (Lipinski definition) is 2. The van der Waals surface area contributed by atoms with Gasteiger partial charge in [-0.15, -0.1) is 0 Å². The zero-order chi connectivity index (χ0) is 14.4. The lowest BCUT2D eigenvalue weighted by molar-refractivity contribution is 0.134. The predicted octanol–water partition coefficient (Wildman–Crippen LogP) is 2.58. The number of aliphatic hydroxyl groups is 1. The van der Waals surface area contributed by atoms with Crippen molar-refractivity contribution in [3.8, 4) is 5.75 Å². The number of hydrogen-bond acceptors (Lipinski definition) is 4. The number of ether oxygens (including phenoxy) is 1. The molecule has 0 bridgehead atoms. The van der Waals surface area contributed by atoms with Crippen LogP contribution < -0.4 is 10.5 Å². The van der Waals surface area contributed by atoms with Crippen LogP contribution >= 0.6 is 0 Å². The molecule has 3 N–H and O–H groups in total. The first-order chi connectivity index (χ1) is 9.70. The van der Waals surface area contributed by atoms with Crippen molar-refractivity contribution in [1.82, 2.24) is 4.90 Å². The number of anilines is 1. The lowest BCUT2D eigenvalue weighted by Crippen LogP contribution is -2.31. The van der Waals surface area contributed by atoms with Crippen LogP contribution in [0.1, 0.15) is 44.3 Å². The van der Waals surface area contributed by atoms with E-state index in [9.17, 15) is 5.11 Å². The van der Waals surface area contributed by atoms with Crippen molar-refractivity contribution in [2.45, 2.75) is 38.7 Å². The molecule has 0 spiro atoms. The number of aliphatic hydroxyl groups excluding tert-OH is 1. The van der Waals surface area contributed by atoms with Crippen LogP contribution in [-0.4, -0.2) is 36.2 Å². The molecule has 1 atom stereocenters. The summed E-state index contributed by atoms with van der Waals surface area (Å²) < 4.78 is 5.41. The molecule has 4 heteroatoms. The highest BCUT2D eigenvalue weighted by molar-refractivity contribution is 5.54. The Morgan fingerprint density at radius 1 is 1.30 bits per heavy atom. The number of benzene rings is 1. The van der Waals surface area contributed by atoms with E-state index in [-0.39, 0.29) is 0 Å². The number of nitrogen functional groups attached to an aromatic ring is 1. The molecule has 1 aliphatic heterocycles. The number of piperidine rings is 1. The topological polar surface area (TPSA) is 58.7 Å². The molecule has 0 aliphatic carbocycles. The Morgan fingerprint density at radius 2 is 2.05 bits per heavy atom. The molecule has 1 aromatic rings. The van der Waals surface area contributed by atoms with E-state index in [2.05, 4.69) is 4.90 Å². The Hall–Kier alpha value is -1.26. The summed E-state index contributed by atoms with van der Waals surface area (Å²) in [6, 6.07) is 5.58. The molecule has 1 heterocycles. The van der Waals surface area contributed by atoms with Gasteiger partial charge in [0, 0.05) is 6.54 Å².